The van der Waals surface area contributed by atoms with Crippen molar-refractivity contribution in [2.75, 3.05) is 19.8 Å². The number of aromatic hydroxyl groups is 1. The smallest absolute Gasteiger partial charge is 0.137 e. The zero-order valence-corrected chi connectivity index (χ0v) is 20.8. The minimum Gasteiger partial charge on any atom is -0.508 e. The maximum atomic E-state index is 12.8. The van der Waals surface area contributed by atoms with Gasteiger partial charge in [0.25, 0.3) is 0 Å². The molecule has 0 bridgehead atoms. The predicted molar refractivity (Wildman–Crippen MR) is 140 cm³/mol. The van der Waals surface area contributed by atoms with Crippen LogP contribution in [0.15, 0.2) is 67.0 Å². The minimum absolute atomic E-state index is 0.164. The number of phenolic OH excluding ortho intramolecular Hbond substituents is 1. The maximum absolute atomic E-state index is 12.8. The normalized spacial score (nSPS) is 17.7. The summed E-state index contributed by atoms with van der Waals surface area (Å²) in [5, 5.41) is 10.2. The van der Waals surface area contributed by atoms with E-state index in [1.54, 1.807) is 12.1 Å². The van der Waals surface area contributed by atoms with Crippen LogP contribution in [0.4, 0.5) is 4.39 Å². The molecule has 0 atom stereocenters. The number of aromatic nitrogens is 2. The van der Waals surface area contributed by atoms with Crippen LogP contribution in [0.5, 0.6) is 11.5 Å². The highest BCUT2D eigenvalue weighted by Gasteiger charge is 2.37. The second kappa shape index (κ2) is 8.49. The molecule has 0 amide bonds. The van der Waals surface area contributed by atoms with Gasteiger partial charge in [0, 0.05) is 60.7 Å². The number of likely N-dealkylation sites (tertiary alicyclic amines) is 1. The topological polar surface area (TPSA) is 50.0 Å². The maximum Gasteiger partial charge on any atom is 0.137 e. The summed E-state index contributed by atoms with van der Waals surface area (Å²) in [6, 6.07) is 17.9. The molecule has 1 fully saturated rings. The Balaban J connectivity index is 1.50. The first-order chi connectivity index (χ1) is 17.3. The number of ether oxygens (including phenoxy) is 1. The molecule has 4 heterocycles. The summed E-state index contributed by atoms with van der Waals surface area (Å²) in [5.74, 6) is 1.01. The number of pyridine rings is 1. The van der Waals surface area contributed by atoms with Gasteiger partial charge in [0.1, 0.15) is 22.7 Å². The van der Waals surface area contributed by atoms with E-state index in [4.69, 9.17) is 9.72 Å². The number of nitrogens with zero attached hydrogens (tertiary/aromatic N) is 3. The molecule has 184 valence electrons. The van der Waals surface area contributed by atoms with E-state index in [1.165, 1.54) is 5.56 Å². The van der Waals surface area contributed by atoms with Gasteiger partial charge in [0.05, 0.1) is 12.4 Å². The van der Waals surface area contributed by atoms with Crippen LogP contribution in [0.1, 0.15) is 41.8 Å². The van der Waals surface area contributed by atoms with E-state index in [0.29, 0.717) is 5.75 Å². The van der Waals surface area contributed by atoms with Crippen molar-refractivity contribution in [2.24, 2.45) is 5.92 Å². The van der Waals surface area contributed by atoms with Gasteiger partial charge in [-0.1, -0.05) is 24.3 Å². The Morgan fingerprint density at radius 3 is 2.67 bits per heavy atom. The van der Waals surface area contributed by atoms with Gasteiger partial charge >= 0.3 is 0 Å². The second-order valence-corrected chi connectivity index (χ2v) is 10.5. The predicted octanol–water partition coefficient (Wildman–Crippen LogP) is 5.88. The number of rotatable bonds is 5. The molecule has 2 aromatic heterocycles. The average molecular weight is 484 g/mol. The first-order valence-corrected chi connectivity index (χ1v) is 12.4. The van der Waals surface area contributed by atoms with Gasteiger partial charge < -0.3 is 14.2 Å². The quantitative estimate of drug-likeness (QED) is 0.385. The SMILES string of the molecule is Cc1ccccc1C1=C(c2ccn3cc(CN4CC(CF)C4)nc3c2)c2ccc(O)cc2OC1(C)C. The van der Waals surface area contributed by atoms with E-state index in [9.17, 15) is 9.50 Å². The average Bonchev–Trinajstić information content (AvgIpc) is 3.22. The number of benzene rings is 2. The summed E-state index contributed by atoms with van der Waals surface area (Å²) in [4.78, 5) is 7.13. The summed E-state index contributed by atoms with van der Waals surface area (Å²) in [6.45, 7) is 8.34. The highest BCUT2D eigenvalue weighted by molar-refractivity contribution is 6.04. The van der Waals surface area contributed by atoms with Gasteiger partial charge in [-0.2, -0.15) is 0 Å². The van der Waals surface area contributed by atoms with Gasteiger partial charge in [0.2, 0.25) is 0 Å². The van der Waals surface area contributed by atoms with Crippen molar-refractivity contribution in [3.05, 3.63) is 94.9 Å². The number of phenols is 1. The number of alkyl halides is 1. The van der Waals surface area contributed by atoms with Crippen molar-refractivity contribution < 1.29 is 14.2 Å². The fourth-order valence-corrected chi connectivity index (χ4v) is 5.57. The van der Waals surface area contributed by atoms with Crippen molar-refractivity contribution in [2.45, 2.75) is 32.9 Å². The molecular formula is C30H30FN3O2. The molecule has 5 nitrogen and oxygen atoms in total. The van der Waals surface area contributed by atoms with Crippen LogP contribution in [-0.2, 0) is 6.54 Å². The fraction of sp³-hybridized carbons (Fsp3) is 0.300. The molecule has 6 rings (SSSR count). The number of hydrogen-bond acceptors (Lipinski definition) is 4. The van der Waals surface area contributed by atoms with Crippen molar-refractivity contribution >= 4 is 16.8 Å². The molecule has 1 saturated heterocycles. The molecule has 0 aliphatic carbocycles. The van der Waals surface area contributed by atoms with Crippen LogP contribution >= 0.6 is 0 Å². The summed E-state index contributed by atoms with van der Waals surface area (Å²) >= 11 is 0. The van der Waals surface area contributed by atoms with Crippen molar-refractivity contribution in [1.29, 1.82) is 0 Å². The van der Waals surface area contributed by atoms with Gasteiger partial charge in [-0.05, 0) is 61.7 Å². The largest absolute Gasteiger partial charge is 0.508 e. The molecule has 1 N–H and O–H groups in total. The van der Waals surface area contributed by atoms with Crippen molar-refractivity contribution in [1.82, 2.24) is 14.3 Å². The van der Waals surface area contributed by atoms with Crippen LogP contribution in [0, 0.1) is 12.8 Å². The first-order valence-electron chi connectivity index (χ1n) is 12.4. The second-order valence-electron chi connectivity index (χ2n) is 10.5. The zero-order valence-electron chi connectivity index (χ0n) is 20.8. The monoisotopic (exact) mass is 483 g/mol. The minimum atomic E-state index is -0.626. The lowest BCUT2D eigenvalue weighted by Gasteiger charge is -2.38. The molecule has 0 unspecified atom stereocenters. The van der Waals surface area contributed by atoms with Crippen LogP contribution in [0.2, 0.25) is 0 Å². The van der Waals surface area contributed by atoms with E-state index in [1.807, 2.05) is 22.7 Å². The van der Waals surface area contributed by atoms with Gasteiger partial charge in [0.15, 0.2) is 0 Å². The van der Waals surface area contributed by atoms with Crippen LogP contribution in [-0.4, -0.2) is 44.8 Å². The summed E-state index contributed by atoms with van der Waals surface area (Å²) in [5.41, 5.74) is 7.71. The third-order valence-corrected chi connectivity index (χ3v) is 7.30. The zero-order chi connectivity index (χ0) is 25.0. The van der Waals surface area contributed by atoms with Crippen LogP contribution in [0.25, 0.3) is 16.8 Å². The molecule has 2 aromatic carbocycles. The lowest BCUT2D eigenvalue weighted by molar-refractivity contribution is 0.0727. The molecule has 36 heavy (non-hydrogen) atoms. The van der Waals surface area contributed by atoms with Crippen molar-refractivity contribution in [3.8, 4) is 11.5 Å². The summed E-state index contributed by atoms with van der Waals surface area (Å²) < 4.78 is 21.3. The van der Waals surface area contributed by atoms with E-state index in [2.05, 4.69) is 62.2 Å². The summed E-state index contributed by atoms with van der Waals surface area (Å²) in [6.07, 6.45) is 4.10. The molecule has 2 aliphatic rings. The Morgan fingerprint density at radius 2 is 1.89 bits per heavy atom. The summed E-state index contributed by atoms with van der Waals surface area (Å²) in [7, 11) is 0. The van der Waals surface area contributed by atoms with Gasteiger partial charge in [-0.3, -0.25) is 9.29 Å². The lowest BCUT2D eigenvalue weighted by atomic mass is 9.78. The molecular weight excluding hydrogens is 453 g/mol. The van der Waals surface area contributed by atoms with Crippen LogP contribution in [0.3, 0.4) is 0 Å². The fourth-order valence-electron chi connectivity index (χ4n) is 5.57. The Kier molecular flexibility index (Phi) is 5.38. The molecule has 0 radical (unpaired) electrons. The molecule has 2 aliphatic heterocycles. The Morgan fingerprint density at radius 1 is 1.08 bits per heavy atom. The van der Waals surface area contributed by atoms with Crippen LogP contribution < -0.4 is 4.74 Å². The van der Waals surface area contributed by atoms with E-state index in [-0.39, 0.29) is 18.3 Å². The molecule has 6 heteroatoms. The third-order valence-electron chi connectivity index (χ3n) is 7.30. The standard InChI is InChI=1S/C30H30FN3O2/c1-19-6-4-5-7-24(19)29-28(25-9-8-23(35)13-26(25)36-30(29,2)3)21-10-11-34-18-22(32-27(34)12-21)17-33-15-20(14-31)16-33/h4-13,18,20,35H,14-17H2,1-3H3. The van der Waals surface area contributed by atoms with E-state index < -0.39 is 5.60 Å². The number of imidazole rings is 1. The number of aryl methyl sites for hydroxylation is 1. The molecule has 0 saturated carbocycles. The number of fused-ring (bicyclic) bond motifs is 2. The number of halogens is 1. The third kappa shape index (κ3) is 3.86. The highest BCUT2D eigenvalue weighted by atomic mass is 19.1. The molecule has 4 aromatic rings. The number of hydrogen-bond donors (Lipinski definition) is 1. The van der Waals surface area contributed by atoms with Crippen molar-refractivity contribution in [3.63, 3.8) is 0 Å². The van der Waals surface area contributed by atoms with E-state index >= 15 is 0 Å². The lowest BCUT2D eigenvalue weighted by Crippen LogP contribution is -2.46. The highest BCUT2D eigenvalue weighted by Crippen LogP contribution is 2.49. The Bertz CT molecular complexity index is 1500. The first kappa shape index (κ1) is 22.8. The Labute approximate surface area is 210 Å². The van der Waals surface area contributed by atoms with E-state index in [0.717, 1.165) is 58.8 Å². The molecule has 0 spiro atoms. The Hall–Kier alpha value is -3.64. The van der Waals surface area contributed by atoms with Gasteiger partial charge in [-0.15, -0.1) is 0 Å². The van der Waals surface area contributed by atoms with Gasteiger partial charge in [-0.25, -0.2) is 4.98 Å².